The van der Waals surface area contributed by atoms with E-state index >= 15 is 0 Å². The average Bonchev–Trinajstić information content (AvgIpc) is 3.31. The molecule has 0 fully saturated rings. The molecule has 9 heteroatoms. The Balaban J connectivity index is 1.49. The molecule has 0 saturated heterocycles. The van der Waals surface area contributed by atoms with E-state index in [9.17, 15) is 0 Å². The topological polar surface area (TPSA) is 74.2 Å². The minimum absolute atomic E-state index is 0.113. The zero-order valence-corrected chi connectivity index (χ0v) is 15.8. The summed E-state index contributed by atoms with van der Waals surface area (Å²) in [5, 5.41) is 9.02. The molecule has 0 aliphatic heterocycles. The summed E-state index contributed by atoms with van der Waals surface area (Å²) in [6, 6.07) is 12.0. The predicted molar refractivity (Wildman–Crippen MR) is 101 cm³/mol. The second-order valence-electron chi connectivity index (χ2n) is 5.38. The number of aromatic nitrogens is 3. The highest BCUT2D eigenvalue weighted by atomic mass is 35.5. The van der Waals surface area contributed by atoms with Gasteiger partial charge in [-0.05, 0) is 36.4 Å². The van der Waals surface area contributed by atoms with Gasteiger partial charge in [0.1, 0.15) is 18.1 Å². The molecule has 6 nitrogen and oxygen atoms in total. The predicted octanol–water partition coefficient (Wildman–Crippen LogP) is 5.93. The number of pyridine rings is 1. The number of benzene rings is 1. The highest BCUT2D eigenvalue weighted by Crippen LogP contribution is 2.36. The lowest BCUT2D eigenvalue weighted by molar-refractivity contribution is 0.271. The molecule has 136 valence electrons. The number of hydrogen-bond acceptors (Lipinski definition) is 6. The van der Waals surface area contributed by atoms with Crippen LogP contribution in [0.4, 0.5) is 0 Å². The summed E-state index contributed by atoms with van der Waals surface area (Å²) in [4.78, 5) is 4.17. The van der Waals surface area contributed by atoms with Crippen LogP contribution in [0.5, 0.6) is 5.75 Å². The number of hydrogen-bond donors (Lipinski definition) is 0. The van der Waals surface area contributed by atoms with Crippen LogP contribution in [0.25, 0.3) is 23.2 Å². The zero-order chi connectivity index (χ0) is 18.8. The maximum atomic E-state index is 6.10. The second-order valence-corrected chi connectivity index (χ2v) is 6.63. The van der Waals surface area contributed by atoms with Crippen molar-refractivity contribution in [2.75, 3.05) is 0 Å². The Hall–Kier alpha value is -2.54. The van der Waals surface area contributed by atoms with Crippen molar-refractivity contribution >= 4 is 34.8 Å². The minimum Gasteiger partial charge on any atom is -0.483 e. The van der Waals surface area contributed by atoms with Crippen molar-refractivity contribution in [2.45, 2.75) is 6.61 Å². The fourth-order valence-corrected chi connectivity index (χ4v) is 3.22. The van der Waals surface area contributed by atoms with E-state index < -0.39 is 0 Å². The van der Waals surface area contributed by atoms with Crippen molar-refractivity contribution in [2.24, 2.45) is 0 Å². The molecule has 4 aromatic rings. The molecule has 3 aromatic heterocycles. The van der Waals surface area contributed by atoms with Gasteiger partial charge in [-0.25, -0.2) is 0 Å². The summed E-state index contributed by atoms with van der Waals surface area (Å²) in [7, 11) is 0. The van der Waals surface area contributed by atoms with Crippen molar-refractivity contribution in [3.05, 3.63) is 69.5 Å². The monoisotopic (exact) mass is 421 g/mol. The fourth-order valence-electron chi connectivity index (χ4n) is 2.30. The quantitative estimate of drug-likeness (QED) is 0.397. The molecule has 1 aromatic carbocycles. The Bertz CT molecular complexity index is 1060. The molecule has 0 radical (unpaired) electrons. The summed E-state index contributed by atoms with van der Waals surface area (Å²) < 4.78 is 16.9. The van der Waals surface area contributed by atoms with Gasteiger partial charge in [0, 0.05) is 11.2 Å². The van der Waals surface area contributed by atoms with Gasteiger partial charge in [0.25, 0.3) is 11.8 Å². The van der Waals surface area contributed by atoms with Crippen molar-refractivity contribution in [1.82, 2.24) is 15.2 Å². The molecule has 0 atom stereocenters. The molecule has 27 heavy (non-hydrogen) atoms. The molecular formula is C18H10Cl3N3O3. The van der Waals surface area contributed by atoms with E-state index in [-0.39, 0.29) is 12.5 Å². The number of rotatable bonds is 5. The van der Waals surface area contributed by atoms with Crippen LogP contribution in [0, 0.1) is 0 Å². The summed E-state index contributed by atoms with van der Waals surface area (Å²) in [6.45, 7) is 0.113. The molecule has 3 heterocycles. The first kappa shape index (κ1) is 17.9. The molecule has 0 aliphatic rings. The maximum Gasteiger partial charge on any atom is 0.283 e. The van der Waals surface area contributed by atoms with Crippen LogP contribution in [-0.2, 0) is 6.61 Å². The van der Waals surface area contributed by atoms with E-state index in [0.717, 1.165) is 0 Å². The van der Waals surface area contributed by atoms with Gasteiger partial charge in [-0.15, -0.1) is 10.2 Å². The molecule has 4 rings (SSSR count). The van der Waals surface area contributed by atoms with Crippen LogP contribution in [0.15, 0.2) is 57.5 Å². The standard InChI is InChI=1S/C18H10Cl3N3O3/c19-10-7-12(20)16(13(21)8-10)25-9-11-4-5-15(26-11)18-24-23-17(27-18)14-3-1-2-6-22-14/h1-8H,9H2. The van der Waals surface area contributed by atoms with Crippen LogP contribution in [0.3, 0.4) is 0 Å². The van der Waals surface area contributed by atoms with Gasteiger partial charge in [0.05, 0.1) is 10.0 Å². The molecule has 0 bridgehead atoms. The first-order valence-corrected chi connectivity index (χ1v) is 8.85. The van der Waals surface area contributed by atoms with Gasteiger partial charge in [-0.1, -0.05) is 40.9 Å². The van der Waals surface area contributed by atoms with E-state index in [1.165, 1.54) is 0 Å². The summed E-state index contributed by atoms with van der Waals surface area (Å²) in [6.07, 6.45) is 1.65. The lowest BCUT2D eigenvalue weighted by atomic mass is 10.3. The normalized spacial score (nSPS) is 10.9. The Morgan fingerprint density at radius 2 is 1.67 bits per heavy atom. The van der Waals surface area contributed by atoms with Crippen LogP contribution < -0.4 is 4.74 Å². The van der Waals surface area contributed by atoms with E-state index in [0.29, 0.717) is 43.9 Å². The van der Waals surface area contributed by atoms with Crippen LogP contribution in [0.2, 0.25) is 15.1 Å². The van der Waals surface area contributed by atoms with Crippen LogP contribution >= 0.6 is 34.8 Å². The van der Waals surface area contributed by atoms with Gasteiger partial charge in [0.2, 0.25) is 0 Å². The zero-order valence-electron chi connectivity index (χ0n) is 13.5. The Morgan fingerprint density at radius 3 is 2.41 bits per heavy atom. The number of furan rings is 1. The van der Waals surface area contributed by atoms with E-state index in [4.69, 9.17) is 48.4 Å². The van der Waals surface area contributed by atoms with Gasteiger partial charge >= 0.3 is 0 Å². The van der Waals surface area contributed by atoms with Gasteiger partial charge < -0.3 is 13.6 Å². The van der Waals surface area contributed by atoms with Crippen LogP contribution in [0.1, 0.15) is 5.76 Å². The maximum absolute atomic E-state index is 6.10. The summed E-state index contributed by atoms with van der Waals surface area (Å²) >= 11 is 18.1. The Kier molecular flexibility index (Phi) is 5.03. The third kappa shape index (κ3) is 3.93. The van der Waals surface area contributed by atoms with E-state index in [1.54, 1.807) is 42.6 Å². The van der Waals surface area contributed by atoms with Crippen molar-refractivity contribution in [3.63, 3.8) is 0 Å². The molecule has 0 unspecified atom stereocenters. The van der Waals surface area contributed by atoms with E-state index in [2.05, 4.69) is 15.2 Å². The van der Waals surface area contributed by atoms with Gasteiger partial charge in [0.15, 0.2) is 11.5 Å². The highest BCUT2D eigenvalue weighted by Gasteiger charge is 2.16. The molecule has 0 saturated carbocycles. The van der Waals surface area contributed by atoms with Crippen LogP contribution in [-0.4, -0.2) is 15.2 Å². The number of nitrogens with zero attached hydrogens (tertiary/aromatic N) is 3. The first-order chi connectivity index (χ1) is 13.1. The SMILES string of the molecule is Clc1cc(Cl)c(OCc2ccc(-c3nnc(-c4ccccn4)o3)o2)c(Cl)c1. The third-order valence-electron chi connectivity index (χ3n) is 3.50. The largest absolute Gasteiger partial charge is 0.483 e. The van der Waals surface area contributed by atoms with Crippen molar-refractivity contribution in [1.29, 1.82) is 0 Å². The second kappa shape index (κ2) is 7.60. The average molecular weight is 423 g/mol. The number of halogens is 3. The van der Waals surface area contributed by atoms with Gasteiger partial charge in [-0.3, -0.25) is 4.98 Å². The van der Waals surface area contributed by atoms with E-state index in [1.807, 2.05) is 6.07 Å². The molecule has 0 spiro atoms. The first-order valence-electron chi connectivity index (χ1n) is 7.71. The van der Waals surface area contributed by atoms with Crippen molar-refractivity contribution in [3.8, 4) is 29.0 Å². The molecule has 0 N–H and O–H groups in total. The molecule has 0 aliphatic carbocycles. The lowest BCUT2D eigenvalue weighted by Crippen LogP contribution is -1.95. The van der Waals surface area contributed by atoms with Crippen molar-refractivity contribution < 1.29 is 13.6 Å². The fraction of sp³-hybridized carbons (Fsp3) is 0.0556. The Labute approximate surface area is 168 Å². The summed E-state index contributed by atoms with van der Waals surface area (Å²) in [5.41, 5.74) is 0.582. The lowest BCUT2D eigenvalue weighted by Gasteiger charge is -2.08. The smallest absolute Gasteiger partial charge is 0.283 e. The summed E-state index contributed by atoms with van der Waals surface area (Å²) in [5.74, 6) is 1.82. The Morgan fingerprint density at radius 1 is 0.889 bits per heavy atom. The van der Waals surface area contributed by atoms with Gasteiger partial charge in [-0.2, -0.15) is 0 Å². The highest BCUT2D eigenvalue weighted by molar-refractivity contribution is 6.40. The third-order valence-corrected chi connectivity index (χ3v) is 4.28. The molecular weight excluding hydrogens is 413 g/mol. The number of ether oxygens (including phenoxy) is 1. The molecule has 0 amide bonds. The minimum atomic E-state index is 0.113.